The highest BCUT2D eigenvalue weighted by Crippen LogP contribution is 2.37. The van der Waals surface area contributed by atoms with Gasteiger partial charge in [0.25, 0.3) is 0 Å². The van der Waals surface area contributed by atoms with E-state index in [4.69, 9.17) is 5.73 Å². The predicted octanol–water partition coefficient (Wildman–Crippen LogP) is 3.40. The molecule has 0 aliphatic heterocycles. The number of benzene rings is 1. The van der Waals surface area contributed by atoms with Crippen molar-refractivity contribution in [2.24, 2.45) is 11.7 Å². The molecule has 5 heteroatoms. The van der Waals surface area contributed by atoms with Gasteiger partial charge in [-0.05, 0) is 42.5 Å². The Morgan fingerprint density at radius 1 is 1.19 bits per heavy atom. The summed E-state index contributed by atoms with van der Waals surface area (Å²) in [4.78, 5) is 0. The van der Waals surface area contributed by atoms with Crippen molar-refractivity contribution >= 4 is 44.3 Å². The first-order chi connectivity index (χ1) is 7.08. The lowest BCUT2D eigenvalue weighted by Crippen LogP contribution is -2.27. The molecule has 1 saturated carbocycles. The maximum Gasteiger partial charge on any atom is 0.0760 e. The third-order valence-corrected chi connectivity index (χ3v) is 3.66. The van der Waals surface area contributed by atoms with Crippen LogP contribution in [0, 0.1) is 5.92 Å². The Bertz CT molecular complexity index is 351. The molecule has 1 aliphatic rings. The van der Waals surface area contributed by atoms with Crippen LogP contribution in [0.2, 0.25) is 0 Å². The third kappa shape index (κ3) is 3.44. The van der Waals surface area contributed by atoms with Crippen LogP contribution < -0.4 is 5.73 Å². The Hall–Kier alpha value is 0.390. The second kappa shape index (κ2) is 5.83. The minimum Gasteiger partial charge on any atom is -0.391 e. The summed E-state index contributed by atoms with van der Waals surface area (Å²) in [5.74, 6) is 0.401. The first-order valence-electron chi connectivity index (χ1n) is 4.97. The average Bonchev–Trinajstić information content (AvgIpc) is 2.97. The highest BCUT2D eigenvalue weighted by atomic mass is 79.9. The van der Waals surface area contributed by atoms with Crippen LogP contribution in [0.5, 0.6) is 0 Å². The largest absolute Gasteiger partial charge is 0.391 e. The highest BCUT2D eigenvalue weighted by molar-refractivity contribution is 9.11. The smallest absolute Gasteiger partial charge is 0.0760 e. The normalized spacial score (nSPS) is 18.8. The summed E-state index contributed by atoms with van der Waals surface area (Å²) in [7, 11) is 0. The lowest BCUT2D eigenvalue weighted by atomic mass is 9.99. The van der Waals surface area contributed by atoms with Gasteiger partial charge in [0.05, 0.1) is 12.1 Å². The standard InChI is InChI=1S/C11H13Br2NO.ClH/c12-8-3-7(4-9(13)5-8)10(14)11(15)6-1-2-6;/h3-6,10-11,15H,1-2,14H2;1H/t10-,11+;/m0./s1. The van der Waals surface area contributed by atoms with Crippen molar-refractivity contribution in [1.29, 1.82) is 0 Å². The molecule has 2 nitrogen and oxygen atoms in total. The van der Waals surface area contributed by atoms with E-state index >= 15 is 0 Å². The molecule has 1 aromatic rings. The molecular weight excluding hydrogens is 357 g/mol. The predicted molar refractivity (Wildman–Crippen MR) is 74.7 cm³/mol. The third-order valence-electron chi connectivity index (χ3n) is 2.74. The lowest BCUT2D eigenvalue weighted by Gasteiger charge is -2.19. The number of halogens is 3. The van der Waals surface area contributed by atoms with Gasteiger partial charge in [-0.1, -0.05) is 31.9 Å². The van der Waals surface area contributed by atoms with E-state index < -0.39 is 6.10 Å². The summed E-state index contributed by atoms with van der Waals surface area (Å²) >= 11 is 6.83. The quantitative estimate of drug-likeness (QED) is 0.855. The second-order valence-electron chi connectivity index (χ2n) is 4.06. The van der Waals surface area contributed by atoms with Crippen molar-refractivity contribution < 1.29 is 5.11 Å². The molecule has 1 aliphatic carbocycles. The molecule has 16 heavy (non-hydrogen) atoms. The summed E-state index contributed by atoms with van der Waals surface area (Å²) < 4.78 is 1.95. The molecule has 0 bridgehead atoms. The Kier molecular flexibility index (Phi) is 5.26. The van der Waals surface area contributed by atoms with Crippen LogP contribution in [-0.4, -0.2) is 11.2 Å². The Balaban J connectivity index is 0.00000128. The molecule has 1 fully saturated rings. The fourth-order valence-electron chi connectivity index (χ4n) is 1.70. The van der Waals surface area contributed by atoms with Crippen molar-refractivity contribution in [2.45, 2.75) is 25.0 Å². The lowest BCUT2D eigenvalue weighted by molar-refractivity contribution is 0.122. The van der Waals surface area contributed by atoms with Crippen molar-refractivity contribution in [3.8, 4) is 0 Å². The van der Waals surface area contributed by atoms with Crippen molar-refractivity contribution in [3.63, 3.8) is 0 Å². The number of nitrogens with two attached hydrogens (primary N) is 1. The van der Waals surface area contributed by atoms with Gasteiger partial charge in [0.1, 0.15) is 0 Å². The molecule has 3 N–H and O–H groups in total. The zero-order chi connectivity index (χ0) is 11.0. The van der Waals surface area contributed by atoms with Crippen molar-refractivity contribution in [1.82, 2.24) is 0 Å². The maximum absolute atomic E-state index is 9.94. The minimum absolute atomic E-state index is 0. The first-order valence-corrected chi connectivity index (χ1v) is 6.56. The fraction of sp³-hybridized carbons (Fsp3) is 0.455. The number of aliphatic hydroxyl groups is 1. The molecule has 2 atom stereocenters. The van der Waals surface area contributed by atoms with Gasteiger partial charge in [-0.15, -0.1) is 12.4 Å². The number of hydrogen-bond donors (Lipinski definition) is 2. The van der Waals surface area contributed by atoms with E-state index in [0.717, 1.165) is 27.4 Å². The molecule has 0 unspecified atom stereocenters. The monoisotopic (exact) mass is 369 g/mol. The van der Waals surface area contributed by atoms with E-state index in [1.54, 1.807) is 0 Å². The average molecular weight is 372 g/mol. The molecule has 90 valence electrons. The van der Waals surface area contributed by atoms with Crippen LogP contribution >= 0.6 is 44.3 Å². The fourth-order valence-corrected chi connectivity index (χ4v) is 3.02. The van der Waals surface area contributed by atoms with Gasteiger partial charge < -0.3 is 10.8 Å². The minimum atomic E-state index is -0.411. The van der Waals surface area contributed by atoms with Gasteiger partial charge in [-0.3, -0.25) is 0 Å². The molecular formula is C11H14Br2ClNO. The summed E-state index contributed by atoms with van der Waals surface area (Å²) in [6.45, 7) is 0. The van der Waals surface area contributed by atoms with Crippen LogP contribution in [0.4, 0.5) is 0 Å². The van der Waals surface area contributed by atoms with Crippen LogP contribution in [0.15, 0.2) is 27.1 Å². The summed E-state index contributed by atoms with van der Waals surface area (Å²) in [5.41, 5.74) is 6.99. The molecule has 0 spiro atoms. The van der Waals surface area contributed by atoms with Gasteiger partial charge in [0.2, 0.25) is 0 Å². The van der Waals surface area contributed by atoms with E-state index in [-0.39, 0.29) is 18.4 Å². The molecule has 0 aromatic heterocycles. The van der Waals surface area contributed by atoms with E-state index in [1.807, 2.05) is 18.2 Å². The molecule has 0 amide bonds. The molecule has 2 rings (SSSR count). The summed E-state index contributed by atoms with van der Waals surface area (Å²) in [6.07, 6.45) is 1.79. The van der Waals surface area contributed by atoms with Crippen LogP contribution in [0.25, 0.3) is 0 Å². The molecule has 0 heterocycles. The number of aliphatic hydroxyl groups excluding tert-OH is 1. The zero-order valence-electron chi connectivity index (χ0n) is 8.57. The maximum atomic E-state index is 9.94. The number of hydrogen-bond acceptors (Lipinski definition) is 2. The van der Waals surface area contributed by atoms with Crippen molar-refractivity contribution in [2.75, 3.05) is 0 Å². The second-order valence-corrected chi connectivity index (χ2v) is 5.89. The SMILES string of the molecule is Cl.N[C@@H](c1cc(Br)cc(Br)c1)[C@H](O)C1CC1. The molecule has 0 saturated heterocycles. The Morgan fingerprint density at radius 3 is 2.12 bits per heavy atom. The Labute approximate surface area is 118 Å². The van der Waals surface area contributed by atoms with Gasteiger partial charge in [0.15, 0.2) is 0 Å². The first kappa shape index (κ1) is 14.5. The van der Waals surface area contributed by atoms with Gasteiger partial charge in [0, 0.05) is 8.95 Å². The van der Waals surface area contributed by atoms with Crippen molar-refractivity contribution in [3.05, 3.63) is 32.7 Å². The van der Waals surface area contributed by atoms with Crippen LogP contribution in [-0.2, 0) is 0 Å². The van der Waals surface area contributed by atoms with Crippen LogP contribution in [0.3, 0.4) is 0 Å². The van der Waals surface area contributed by atoms with Gasteiger partial charge in [-0.25, -0.2) is 0 Å². The van der Waals surface area contributed by atoms with E-state index in [1.165, 1.54) is 0 Å². The topological polar surface area (TPSA) is 46.2 Å². The van der Waals surface area contributed by atoms with E-state index in [0.29, 0.717) is 5.92 Å². The summed E-state index contributed by atoms with van der Waals surface area (Å²) in [5, 5.41) is 9.94. The molecule has 0 radical (unpaired) electrons. The number of rotatable bonds is 3. The summed E-state index contributed by atoms with van der Waals surface area (Å²) in [6, 6.07) is 5.59. The van der Waals surface area contributed by atoms with Gasteiger partial charge >= 0.3 is 0 Å². The zero-order valence-corrected chi connectivity index (χ0v) is 12.6. The Morgan fingerprint density at radius 2 is 1.69 bits per heavy atom. The van der Waals surface area contributed by atoms with Crippen LogP contribution in [0.1, 0.15) is 24.4 Å². The van der Waals surface area contributed by atoms with E-state index in [2.05, 4.69) is 31.9 Å². The van der Waals surface area contributed by atoms with Gasteiger partial charge in [-0.2, -0.15) is 0 Å². The van der Waals surface area contributed by atoms with E-state index in [9.17, 15) is 5.11 Å². The highest BCUT2D eigenvalue weighted by Gasteiger charge is 2.34. The molecule has 1 aromatic carbocycles.